The third-order valence-corrected chi connectivity index (χ3v) is 3.00. The van der Waals surface area contributed by atoms with E-state index in [1.54, 1.807) is 13.8 Å². The zero-order valence-electron chi connectivity index (χ0n) is 10.3. The summed E-state index contributed by atoms with van der Waals surface area (Å²) in [4.78, 5) is 25.5. The minimum atomic E-state index is -0.890. The zero-order valence-corrected chi connectivity index (χ0v) is 10.3. The molecule has 96 valence electrons. The second kappa shape index (κ2) is 4.25. The summed E-state index contributed by atoms with van der Waals surface area (Å²) >= 11 is 0. The molecule has 0 aromatic carbocycles. The van der Waals surface area contributed by atoms with E-state index in [1.807, 2.05) is 0 Å². The van der Waals surface area contributed by atoms with E-state index in [9.17, 15) is 9.59 Å². The first kappa shape index (κ1) is 12.3. The summed E-state index contributed by atoms with van der Waals surface area (Å²) in [6, 6.07) is 3.02. The zero-order chi connectivity index (χ0) is 13.3. The number of amides is 2. The Morgan fingerprint density at radius 3 is 2.78 bits per heavy atom. The van der Waals surface area contributed by atoms with Crippen molar-refractivity contribution in [2.24, 2.45) is 0 Å². The van der Waals surface area contributed by atoms with Gasteiger partial charge in [0.05, 0.1) is 0 Å². The molecule has 7 nitrogen and oxygen atoms in total. The lowest BCUT2D eigenvalue weighted by atomic mass is 9.98. The molecule has 2 rings (SSSR count). The van der Waals surface area contributed by atoms with Crippen LogP contribution >= 0.6 is 0 Å². The van der Waals surface area contributed by atoms with Crippen molar-refractivity contribution in [3.63, 3.8) is 0 Å². The molecule has 0 bridgehead atoms. The highest BCUT2D eigenvalue weighted by Gasteiger charge is 2.41. The number of hydrogen-bond donors (Lipinski definition) is 2. The van der Waals surface area contributed by atoms with Crippen LogP contribution in [-0.4, -0.2) is 45.5 Å². The van der Waals surface area contributed by atoms with E-state index >= 15 is 0 Å². The average Bonchev–Trinajstić information content (AvgIpc) is 2.33. The van der Waals surface area contributed by atoms with Gasteiger partial charge in [0.15, 0.2) is 5.69 Å². The Hall–Kier alpha value is -2.18. The second-order valence-corrected chi connectivity index (χ2v) is 4.62. The minimum Gasteiger partial charge on any atom is -0.382 e. The number of rotatable bonds is 1. The van der Waals surface area contributed by atoms with E-state index in [4.69, 9.17) is 5.73 Å². The minimum absolute atomic E-state index is 0.175. The summed E-state index contributed by atoms with van der Waals surface area (Å²) in [7, 11) is 0. The van der Waals surface area contributed by atoms with Gasteiger partial charge in [-0.2, -0.15) is 0 Å². The van der Waals surface area contributed by atoms with Crippen molar-refractivity contribution in [1.29, 1.82) is 0 Å². The van der Waals surface area contributed by atoms with Gasteiger partial charge in [-0.05, 0) is 26.0 Å². The quantitative estimate of drug-likeness (QED) is 0.692. The number of carbonyl (C=O) groups excluding carboxylic acids is 2. The Bertz CT molecular complexity index is 483. The van der Waals surface area contributed by atoms with Crippen LogP contribution in [0.5, 0.6) is 0 Å². The maximum atomic E-state index is 12.3. The molecule has 2 amide bonds. The van der Waals surface area contributed by atoms with E-state index < -0.39 is 5.54 Å². The lowest BCUT2D eigenvalue weighted by molar-refractivity contribution is -0.133. The molecule has 0 unspecified atom stereocenters. The smallest absolute Gasteiger partial charge is 0.275 e. The van der Waals surface area contributed by atoms with Crippen molar-refractivity contribution in [1.82, 2.24) is 20.4 Å². The SMILES string of the molecule is CC1(C)C(=O)NCCN1C(=O)c1ccc(N)nn1. The third kappa shape index (κ3) is 1.99. The fourth-order valence-corrected chi connectivity index (χ4v) is 1.85. The van der Waals surface area contributed by atoms with Gasteiger partial charge in [0, 0.05) is 13.1 Å². The molecule has 1 saturated heterocycles. The van der Waals surface area contributed by atoms with Gasteiger partial charge < -0.3 is 16.0 Å². The number of piperazine rings is 1. The molecule has 7 heteroatoms. The molecule has 0 spiro atoms. The molecule has 0 saturated carbocycles. The number of aromatic nitrogens is 2. The first-order chi connectivity index (χ1) is 8.43. The summed E-state index contributed by atoms with van der Waals surface area (Å²) in [5.74, 6) is -0.241. The molecular weight excluding hydrogens is 234 g/mol. The van der Waals surface area contributed by atoms with Crippen LogP contribution in [0, 0.1) is 0 Å². The van der Waals surface area contributed by atoms with Crippen molar-refractivity contribution < 1.29 is 9.59 Å². The van der Waals surface area contributed by atoms with Gasteiger partial charge >= 0.3 is 0 Å². The van der Waals surface area contributed by atoms with E-state index in [1.165, 1.54) is 17.0 Å². The Kier molecular flexibility index (Phi) is 2.90. The van der Waals surface area contributed by atoms with Gasteiger partial charge in [0.2, 0.25) is 5.91 Å². The van der Waals surface area contributed by atoms with Gasteiger partial charge in [0.1, 0.15) is 11.4 Å². The van der Waals surface area contributed by atoms with Gasteiger partial charge in [-0.25, -0.2) is 0 Å². The Morgan fingerprint density at radius 1 is 1.44 bits per heavy atom. The van der Waals surface area contributed by atoms with Crippen LogP contribution in [0.1, 0.15) is 24.3 Å². The van der Waals surface area contributed by atoms with Crippen molar-refractivity contribution in [3.05, 3.63) is 17.8 Å². The van der Waals surface area contributed by atoms with Crippen LogP contribution in [0.25, 0.3) is 0 Å². The molecular formula is C11H15N5O2. The van der Waals surface area contributed by atoms with Crippen LogP contribution in [0.2, 0.25) is 0 Å². The van der Waals surface area contributed by atoms with Crippen LogP contribution in [-0.2, 0) is 4.79 Å². The number of anilines is 1. The molecule has 0 radical (unpaired) electrons. The number of nitrogens with zero attached hydrogens (tertiary/aromatic N) is 3. The van der Waals surface area contributed by atoms with Crippen LogP contribution < -0.4 is 11.1 Å². The highest BCUT2D eigenvalue weighted by Crippen LogP contribution is 2.19. The van der Waals surface area contributed by atoms with E-state index in [0.717, 1.165) is 0 Å². The molecule has 1 aromatic rings. The van der Waals surface area contributed by atoms with Crippen molar-refractivity contribution in [3.8, 4) is 0 Å². The van der Waals surface area contributed by atoms with Gasteiger partial charge in [-0.1, -0.05) is 0 Å². The first-order valence-corrected chi connectivity index (χ1v) is 5.62. The molecule has 1 aliphatic rings. The number of carbonyl (C=O) groups is 2. The average molecular weight is 249 g/mol. The first-order valence-electron chi connectivity index (χ1n) is 5.62. The lowest BCUT2D eigenvalue weighted by Crippen LogP contribution is -2.63. The molecule has 18 heavy (non-hydrogen) atoms. The van der Waals surface area contributed by atoms with E-state index in [2.05, 4.69) is 15.5 Å². The number of nitrogens with two attached hydrogens (primary N) is 1. The largest absolute Gasteiger partial charge is 0.382 e. The predicted molar refractivity (Wildman–Crippen MR) is 64.6 cm³/mol. The second-order valence-electron chi connectivity index (χ2n) is 4.62. The fraction of sp³-hybridized carbons (Fsp3) is 0.455. The van der Waals surface area contributed by atoms with Gasteiger partial charge in [-0.3, -0.25) is 9.59 Å². The Balaban J connectivity index is 2.28. The Morgan fingerprint density at radius 2 is 2.17 bits per heavy atom. The molecule has 1 fully saturated rings. The highest BCUT2D eigenvalue weighted by molar-refractivity contribution is 5.98. The van der Waals surface area contributed by atoms with E-state index in [-0.39, 0.29) is 23.3 Å². The fourth-order valence-electron chi connectivity index (χ4n) is 1.85. The lowest BCUT2D eigenvalue weighted by Gasteiger charge is -2.40. The predicted octanol–water partition coefficient (Wildman–Crippen LogP) is -0.591. The maximum absolute atomic E-state index is 12.3. The summed E-state index contributed by atoms with van der Waals surface area (Å²) in [5, 5.41) is 10.1. The van der Waals surface area contributed by atoms with E-state index in [0.29, 0.717) is 13.1 Å². The monoisotopic (exact) mass is 249 g/mol. The summed E-state index contributed by atoms with van der Waals surface area (Å²) in [6.45, 7) is 4.29. The molecule has 3 N–H and O–H groups in total. The van der Waals surface area contributed by atoms with Crippen molar-refractivity contribution in [2.75, 3.05) is 18.8 Å². The van der Waals surface area contributed by atoms with Crippen molar-refractivity contribution in [2.45, 2.75) is 19.4 Å². The molecule has 1 aromatic heterocycles. The highest BCUT2D eigenvalue weighted by atomic mass is 16.2. The normalized spacial score (nSPS) is 18.3. The standard InChI is InChI=1S/C11H15N5O2/c1-11(2)10(18)13-5-6-16(11)9(17)7-3-4-8(12)15-14-7/h3-4H,5-6H2,1-2H3,(H2,12,15)(H,13,18). The molecule has 0 aliphatic carbocycles. The summed E-state index contributed by atoms with van der Waals surface area (Å²) in [5.41, 5.74) is 4.71. The third-order valence-electron chi connectivity index (χ3n) is 3.00. The number of hydrogen-bond acceptors (Lipinski definition) is 5. The van der Waals surface area contributed by atoms with Crippen LogP contribution in [0.4, 0.5) is 5.82 Å². The summed E-state index contributed by atoms with van der Waals surface area (Å²) in [6.07, 6.45) is 0. The summed E-state index contributed by atoms with van der Waals surface area (Å²) < 4.78 is 0. The Labute approximate surface area is 104 Å². The van der Waals surface area contributed by atoms with Gasteiger partial charge in [0.25, 0.3) is 5.91 Å². The molecule has 2 heterocycles. The van der Waals surface area contributed by atoms with Gasteiger partial charge in [-0.15, -0.1) is 10.2 Å². The van der Waals surface area contributed by atoms with Crippen molar-refractivity contribution >= 4 is 17.6 Å². The van der Waals surface area contributed by atoms with Crippen LogP contribution in [0.15, 0.2) is 12.1 Å². The number of nitrogen functional groups attached to an aromatic ring is 1. The molecule has 0 atom stereocenters. The topological polar surface area (TPSA) is 101 Å². The maximum Gasteiger partial charge on any atom is 0.275 e. The molecule has 1 aliphatic heterocycles. The number of nitrogens with one attached hydrogen (secondary N) is 1. The van der Waals surface area contributed by atoms with Crippen LogP contribution in [0.3, 0.4) is 0 Å².